The molecule has 0 aliphatic carbocycles. The van der Waals surface area contributed by atoms with E-state index in [1.54, 1.807) is 0 Å². The van der Waals surface area contributed by atoms with Gasteiger partial charge in [-0.3, -0.25) is 0 Å². The number of likely N-dealkylation sites (N-methyl/N-ethyl adjacent to an activating group) is 1. The summed E-state index contributed by atoms with van der Waals surface area (Å²) in [5.74, 6) is 1.57. The Morgan fingerprint density at radius 1 is 1.57 bits per heavy atom. The highest BCUT2D eigenvalue weighted by atomic mass is 16.3. The molecule has 0 aromatic carbocycles. The summed E-state index contributed by atoms with van der Waals surface area (Å²) in [5, 5.41) is 11.9. The molecule has 0 aliphatic heterocycles. The Balaban J connectivity index is 2.83. The van der Waals surface area contributed by atoms with Crippen LogP contribution in [0, 0.1) is 0 Å². The number of aliphatic hydroxyl groups excluding tert-OH is 1. The summed E-state index contributed by atoms with van der Waals surface area (Å²) >= 11 is 0. The molecule has 0 aliphatic rings. The van der Waals surface area contributed by atoms with Crippen LogP contribution < -0.4 is 10.2 Å². The minimum atomic E-state index is 0.0506. The average Bonchev–Trinajstić information content (AvgIpc) is 2.27. The van der Waals surface area contributed by atoms with Crippen LogP contribution in [0.5, 0.6) is 0 Å². The Morgan fingerprint density at radius 2 is 2.29 bits per heavy atom. The summed E-state index contributed by atoms with van der Waals surface area (Å²) in [6, 6.07) is 1.89. The fourth-order valence-electron chi connectivity index (χ4n) is 1.02. The van der Waals surface area contributed by atoms with E-state index in [2.05, 4.69) is 15.3 Å². The van der Waals surface area contributed by atoms with Crippen molar-refractivity contribution in [3.63, 3.8) is 0 Å². The Kier molecular flexibility index (Phi) is 3.64. The van der Waals surface area contributed by atoms with Gasteiger partial charge in [0.1, 0.15) is 18.0 Å². The first-order valence-corrected chi connectivity index (χ1v) is 4.52. The summed E-state index contributed by atoms with van der Waals surface area (Å²) in [6.07, 6.45) is 1.50. The highest BCUT2D eigenvalue weighted by molar-refractivity contribution is 5.48. The number of hydrogen-bond donors (Lipinski definition) is 2. The molecule has 0 bridgehead atoms. The largest absolute Gasteiger partial charge is 0.394 e. The first kappa shape index (κ1) is 10.7. The van der Waals surface area contributed by atoms with Gasteiger partial charge >= 0.3 is 0 Å². The van der Waals surface area contributed by atoms with Crippen molar-refractivity contribution < 1.29 is 5.11 Å². The van der Waals surface area contributed by atoms with Crippen LogP contribution in [0.4, 0.5) is 11.6 Å². The van der Waals surface area contributed by atoms with E-state index >= 15 is 0 Å². The Labute approximate surface area is 83.8 Å². The third-order valence-electron chi connectivity index (χ3n) is 2.20. The lowest BCUT2D eigenvalue weighted by molar-refractivity contribution is 0.270. The van der Waals surface area contributed by atoms with E-state index in [4.69, 9.17) is 5.11 Å². The minimum Gasteiger partial charge on any atom is -0.394 e. The lowest BCUT2D eigenvalue weighted by atomic mass is 10.3. The molecule has 0 spiro atoms. The number of hydrogen-bond acceptors (Lipinski definition) is 5. The number of anilines is 2. The summed E-state index contributed by atoms with van der Waals surface area (Å²) in [6.45, 7) is 2.04. The molecule has 2 N–H and O–H groups in total. The van der Waals surface area contributed by atoms with E-state index in [-0.39, 0.29) is 12.6 Å². The highest BCUT2D eigenvalue weighted by Crippen LogP contribution is 2.13. The first-order chi connectivity index (χ1) is 6.69. The second-order valence-electron chi connectivity index (χ2n) is 3.15. The normalized spacial score (nSPS) is 12.3. The molecule has 0 saturated carbocycles. The van der Waals surface area contributed by atoms with Crippen molar-refractivity contribution in [3.8, 4) is 0 Å². The quantitative estimate of drug-likeness (QED) is 0.727. The van der Waals surface area contributed by atoms with E-state index in [0.29, 0.717) is 0 Å². The van der Waals surface area contributed by atoms with E-state index in [9.17, 15) is 0 Å². The lowest BCUT2D eigenvalue weighted by Crippen LogP contribution is -2.32. The van der Waals surface area contributed by atoms with E-state index in [0.717, 1.165) is 11.6 Å². The molecule has 14 heavy (non-hydrogen) atoms. The number of nitrogens with zero attached hydrogens (tertiary/aromatic N) is 3. The van der Waals surface area contributed by atoms with Crippen LogP contribution in [0.2, 0.25) is 0 Å². The van der Waals surface area contributed by atoms with Gasteiger partial charge in [0.05, 0.1) is 12.6 Å². The van der Waals surface area contributed by atoms with E-state index < -0.39 is 0 Å². The minimum absolute atomic E-state index is 0.0506. The van der Waals surface area contributed by atoms with Gasteiger partial charge in [-0.05, 0) is 6.92 Å². The number of aliphatic hydroxyl groups is 1. The average molecular weight is 196 g/mol. The molecular weight excluding hydrogens is 180 g/mol. The maximum atomic E-state index is 8.99. The van der Waals surface area contributed by atoms with Crippen molar-refractivity contribution in [1.29, 1.82) is 0 Å². The number of rotatable bonds is 4. The zero-order valence-corrected chi connectivity index (χ0v) is 8.73. The fourth-order valence-corrected chi connectivity index (χ4v) is 1.02. The van der Waals surface area contributed by atoms with Gasteiger partial charge in [0, 0.05) is 20.2 Å². The van der Waals surface area contributed by atoms with Crippen LogP contribution in [0.15, 0.2) is 12.4 Å². The van der Waals surface area contributed by atoms with Crippen LogP contribution in [-0.4, -0.2) is 41.8 Å². The molecule has 0 radical (unpaired) electrons. The molecular formula is C9H16N4O. The van der Waals surface area contributed by atoms with Crippen molar-refractivity contribution in [2.45, 2.75) is 13.0 Å². The molecule has 0 saturated heterocycles. The van der Waals surface area contributed by atoms with Crippen LogP contribution in [-0.2, 0) is 0 Å². The molecule has 78 valence electrons. The van der Waals surface area contributed by atoms with Gasteiger partial charge in [-0.2, -0.15) is 0 Å². The van der Waals surface area contributed by atoms with Crippen LogP contribution in [0.1, 0.15) is 6.92 Å². The first-order valence-electron chi connectivity index (χ1n) is 4.52. The standard InChI is InChI=1S/C9H16N4O/c1-7(5-14)13(3)9-4-8(10-2)11-6-12-9/h4,6-7,14H,5H2,1-3H3,(H,10,11,12). The molecule has 1 aromatic rings. The summed E-state index contributed by atoms with van der Waals surface area (Å²) in [4.78, 5) is 10.0. The van der Waals surface area contributed by atoms with Gasteiger partial charge in [0.15, 0.2) is 0 Å². The molecule has 1 aromatic heterocycles. The predicted octanol–water partition coefficient (Wildman–Crippen LogP) is 0.335. The second kappa shape index (κ2) is 4.76. The van der Waals surface area contributed by atoms with Crippen LogP contribution >= 0.6 is 0 Å². The summed E-state index contributed by atoms with van der Waals surface area (Å²) in [7, 11) is 3.70. The molecule has 0 fully saturated rings. The second-order valence-corrected chi connectivity index (χ2v) is 3.15. The van der Waals surface area contributed by atoms with E-state index in [1.807, 2.05) is 32.0 Å². The Hall–Kier alpha value is -1.36. The maximum Gasteiger partial charge on any atom is 0.134 e. The van der Waals surface area contributed by atoms with Crippen molar-refractivity contribution in [1.82, 2.24) is 9.97 Å². The Bertz CT molecular complexity index is 292. The van der Waals surface area contributed by atoms with Gasteiger partial charge in [0.2, 0.25) is 0 Å². The summed E-state index contributed by atoms with van der Waals surface area (Å²) < 4.78 is 0. The number of aromatic nitrogens is 2. The van der Waals surface area contributed by atoms with Gasteiger partial charge < -0.3 is 15.3 Å². The van der Waals surface area contributed by atoms with Crippen molar-refractivity contribution in [2.24, 2.45) is 0 Å². The number of nitrogens with one attached hydrogen (secondary N) is 1. The summed E-state index contributed by atoms with van der Waals surface area (Å²) in [5.41, 5.74) is 0. The third kappa shape index (κ3) is 2.32. The lowest BCUT2D eigenvalue weighted by Gasteiger charge is -2.24. The zero-order valence-electron chi connectivity index (χ0n) is 8.73. The van der Waals surface area contributed by atoms with Gasteiger partial charge in [-0.25, -0.2) is 9.97 Å². The van der Waals surface area contributed by atoms with Crippen LogP contribution in [0.25, 0.3) is 0 Å². The monoisotopic (exact) mass is 196 g/mol. The topological polar surface area (TPSA) is 61.3 Å². The zero-order chi connectivity index (χ0) is 10.6. The molecule has 1 atom stereocenters. The van der Waals surface area contributed by atoms with E-state index in [1.165, 1.54) is 6.33 Å². The highest BCUT2D eigenvalue weighted by Gasteiger charge is 2.10. The molecule has 0 amide bonds. The SMILES string of the molecule is CNc1cc(N(C)C(C)CO)ncn1. The third-order valence-corrected chi connectivity index (χ3v) is 2.20. The molecule has 1 rings (SSSR count). The fraction of sp³-hybridized carbons (Fsp3) is 0.556. The van der Waals surface area contributed by atoms with Gasteiger partial charge in [0.25, 0.3) is 0 Å². The molecule has 5 heteroatoms. The maximum absolute atomic E-state index is 8.99. The predicted molar refractivity (Wildman–Crippen MR) is 56.5 cm³/mol. The molecule has 1 unspecified atom stereocenters. The molecule has 1 heterocycles. The smallest absolute Gasteiger partial charge is 0.134 e. The van der Waals surface area contributed by atoms with Gasteiger partial charge in [-0.15, -0.1) is 0 Å². The van der Waals surface area contributed by atoms with Crippen molar-refractivity contribution in [3.05, 3.63) is 12.4 Å². The molecule has 5 nitrogen and oxygen atoms in total. The van der Waals surface area contributed by atoms with Gasteiger partial charge in [-0.1, -0.05) is 0 Å². The van der Waals surface area contributed by atoms with Crippen molar-refractivity contribution >= 4 is 11.6 Å². The van der Waals surface area contributed by atoms with Crippen molar-refractivity contribution in [2.75, 3.05) is 30.9 Å². The Morgan fingerprint density at radius 3 is 2.86 bits per heavy atom. The van der Waals surface area contributed by atoms with Crippen LogP contribution in [0.3, 0.4) is 0 Å².